The molecule has 2 aromatic rings. The number of halogens is 1. The zero-order chi connectivity index (χ0) is 13.9. The Bertz CT molecular complexity index is 586. The maximum Gasteiger partial charge on any atom is 0.310 e. The van der Waals surface area contributed by atoms with E-state index in [0.717, 1.165) is 18.3 Å². The Morgan fingerprint density at radius 3 is 3.05 bits per heavy atom. The molecule has 3 rings (SSSR count). The summed E-state index contributed by atoms with van der Waals surface area (Å²) in [6, 6.07) is 0. The van der Waals surface area contributed by atoms with E-state index in [-0.39, 0.29) is 0 Å². The summed E-state index contributed by atoms with van der Waals surface area (Å²) in [6.45, 7) is 2.92. The van der Waals surface area contributed by atoms with E-state index in [2.05, 4.69) is 21.9 Å². The standard InChI is InChI=1S/C14H19FN4O/c1-10-4-2-3-5-11(10)6-7-20-19-9-17-12-8-16-14(15)18-13(12)19/h8-11H,2-7H2,1H3. The number of hydrogen-bond acceptors (Lipinski definition) is 4. The average Bonchev–Trinajstić information content (AvgIpc) is 2.83. The molecule has 0 spiro atoms. The van der Waals surface area contributed by atoms with Crippen molar-refractivity contribution in [2.45, 2.75) is 39.0 Å². The lowest BCUT2D eigenvalue weighted by atomic mass is 9.79. The molecule has 0 saturated heterocycles. The van der Waals surface area contributed by atoms with Gasteiger partial charge in [0.1, 0.15) is 18.5 Å². The predicted molar refractivity (Wildman–Crippen MR) is 72.5 cm³/mol. The van der Waals surface area contributed by atoms with E-state index in [1.807, 2.05) is 0 Å². The molecular weight excluding hydrogens is 259 g/mol. The maximum absolute atomic E-state index is 13.0. The van der Waals surface area contributed by atoms with E-state index >= 15 is 0 Å². The minimum atomic E-state index is -0.760. The van der Waals surface area contributed by atoms with Crippen LogP contribution in [0, 0.1) is 17.9 Å². The monoisotopic (exact) mass is 278 g/mol. The molecule has 0 aliphatic heterocycles. The first-order valence-corrected chi connectivity index (χ1v) is 7.23. The van der Waals surface area contributed by atoms with Crippen molar-refractivity contribution in [2.24, 2.45) is 11.8 Å². The smallest absolute Gasteiger partial charge is 0.310 e. The molecule has 5 nitrogen and oxygen atoms in total. The van der Waals surface area contributed by atoms with Crippen molar-refractivity contribution in [3.8, 4) is 0 Å². The predicted octanol–water partition coefficient (Wildman–Crippen LogP) is 2.61. The van der Waals surface area contributed by atoms with Gasteiger partial charge >= 0.3 is 6.08 Å². The van der Waals surface area contributed by atoms with Crippen molar-refractivity contribution in [3.63, 3.8) is 0 Å². The van der Waals surface area contributed by atoms with Gasteiger partial charge in [0, 0.05) is 0 Å². The topological polar surface area (TPSA) is 52.8 Å². The summed E-state index contributed by atoms with van der Waals surface area (Å²) in [5.74, 6) is 1.50. The summed E-state index contributed by atoms with van der Waals surface area (Å²) in [5.41, 5.74) is 0.923. The minimum Gasteiger partial charge on any atom is -0.411 e. The molecule has 6 heteroatoms. The summed E-state index contributed by atoms with van der Waals surface area (Å²) < 4.78 is 14.5. The van der Waals surface area contributed by atoms with E-state index in [1.54, 1.807) is 0 Å². The molecule has 2 atom stereocenters. The van der Waals surface area contributed by atoms with E-state index in [0.29, 0.717) is 17.8 Å². The number of fused-ring (bicyclic) bond motifs is 1. The largest absolute Gasteiger partial charge is 0.411 e. The van der Waals surface area contributed by atoms with Crippen LogP contribution in [0.2, 0.25) is 0 Å². The number of rotatable bonds is 4. The lowest BCUT2D eigenvalue weighted by Gasteiger charge is -2.28. The normalized spacial score (nSPS) is 23.1. The second kappa shape index (κ2) is 5.73. The van der Waals surface area contributed by atoms with Gasteiger partial charge in [-0.2, -0.15) is 14.1 Å². The molecular formula is C14H19FN4O. The van der Waals surface area contributed by atoms with Gasteiger partial charge < -0.3 is 4.84 Å². The fourth-order valence-corrected chi connectivity index (χ4v) is 2.99. The van der Waals surface area contributed by atoms with Gasteiger partial charge in [0.15, 0.2) is 0 Å². The highest BCUT2D eigenvalue weighted by atomic mass is 19.1. The first-order chi connectivity index (χ1) is 9.74. The van der Waals surface area contributed by atoms with Gasteiger partial charge in [0.25, 0.3) is 0 Å². The molecule has 0 N–H and O–H groups in total. The molecule has 0 aromatic carbocycles. The van der Waals surface area contributed by atoms with Gasteiger partial charge in [-0.3, -0.25) is 0 Å². The summed E-state index contributed by atoms with van der Waals surface area (Å²) in [6.07, 6.45) is 8.41. The molecule has 2 unspecified atom stereocenters. The minimum absolute atomic E-state index is 0.384. The van der Waals surface area contributed by atoms with E-state index in [1.165, 1.54) is 42.9 Å². The van der Waals surface area contributed by atoms with E-state index in [9.17, 15) is 4.39 Å². The summed E-state index contributed by atoms with van der Waals surface area (Å²) in [7, 11) is 0. The molecule has 0 radical (unpaired) electrons. The SMILES string of the molecule is CC1CCCCC1CCOn1cnc2cnc(F)nc21. The van der Waals surface area contributed by atoms with E-state index < -0.39 is 6.08 Å². The van der Waals surface area contributed by atoms with Crippen LogP contribution in [0.15, 0.2) is 12.5 Å². The average molecular weight is 278 g/mol. The summed E-state index contributed by atoms with van der Waals surface area (Å²) >= 11 is 0. The van der Waals surface area contributed by atoms with Gasteiger partial charge in [-0.1, -0.05) is 32.6 Å². The Balaban J connectivity index is 1.61. The van der Waals surface area contributed by atoms with Crippen LogP contribution in [0.5, 0.6) is 0 Å². The number of imidazole rings is 1. The third-order valence-corrected chi connectivity index (χ3v) is 4.24. The van der Waals surface area contributed by atoms with Crippen LogP contribution < -0.4 is 4.84 Å². The highest BCUT2D eigenvalue weighted by Crippen LogP contribution is 2.31. The number of hydrogen-bond donors (Lipinski definition) is 0. The van der Waals surface area contributed by atoms with Crippen LogP contribution >= 0.6 is 0 Å². The second-order valence-corrected chi connectivity index (χ2v) is 5.56. The molecule has 0 amide bonds. The molecule has 108 valence electrons. The molecule has 0 bridgehead atoms. The summed E-state index contributed by atoms with van der Waals surface area (Å²) in [4.78, 5) is 16.9. The van der Waals surface area contributed by atoms with Crippen LogP contribution in [0.3, 0.4) is 0 Å². The fourth-order valence-electron chi connectivity index (χ4n) is 2.99. The third-order valence-electron chi connectivity index (χ3n) is 4.24. The van der Waals surface area contributed by atoms with Crippen LogP contribution in [0.1, 0.15) is 39.0 Å². The van der Waals surface area contributed by atoms with Gasteiger partial charge in [0.05, 0.1) is 6.20 Å². The molecule has 20 heavy (non-hydrogen) atoms. The van der Waals surface area contributed by atoms with Crippen LogP contribution in [-0.4, -0.2) is 26.3 Å². The Labute approximate surface area is 117 Å². The molecule has 1 saturated carbocycles. The lowest BCUT2D eigenvalue weighted by Crippen LogP contribution is -2.21. The quantitative estimate of drug-likeness (QED) is 0.807. The maximum atomic E-state index is 13.0. The number of aromatic nitrogens is 4. The first kappa shape index (κ1) is 13.3. The molecule has 2 heterocycles. The first-order valence-electron chi connectivity index (χ1n) is 7.23. The van der Waals surface area contributed by atoms with Crippen molar-refractivity contribution < 1.29 is 9.23 Å². The van der Waals surface area contributed by atoms with E-state index in [4.69, 9.17) is 4.84 Å². The van der Waals surface area contributed by atoms with Crippen molar-refractivity contribution in [3.05, 3.63) is 18.6 Å². The zero-order valence-corrected chi connectivity index (χ0v) is 11.6. The lowest BCUT2D eigenvalue weighted by molar-refractivity contribution is 0.0899. The van der Waals surface area contributed by atoms with Gasteiger partial charge in [0.2, 0.25) is 5.65 Å². The summed E-state index contributed by atoms with van der Waals surface area (Å²) in [5, 5.41) is 0. The molecule has 1 aliphatic rings. The van der Waals surface area contributed by atoms with Crippen LogP contribution in [0.4, 0.5) is 4.39 Å². The number of nitrogens with zero attached hydrogens (tertiary/aromatic N) is 4. The molecule has 1 aliphatic carbocycles. The van der Waals surface area contributed by atoms with Crippen molar-refractivity contribution >= 4 is 11.2 Å². The zero-order valence-electron chi connectivity index (χ0n) is 11.6. The fraction of sp³-hybridized carbons (Fsp3) is 0.643. The Morgan fingerprint density at radius 2 is 2.20 bits per heavy atom. The second-order valence-electron chi connectivity index (χ2n) is 5.56. The Kier molecular flexibility index (Phi) is 3.80. The van der Waals surface area contributed by atoms with Gasteiger partial charge in [-0.25, -0.2) is 9.97 Å². The van der Waals surface area contributed by atoms with Gasteiger partial charge in [-0.05, 0) is 18.3 Å². The van der Waals surface area contributed by atoms with Crippen molar-refractivity contribution in [1.29, 1.82) is 0 Å². The van der Waals surface area contributed by atoms with Crippen molar-refractivity contribution in [2.75, 3.05) is 6.61 Å². The third kappa shape index (κ3) is 2.73. The molecule has 1 fully saturated rings. The van der Waals surface area contributed by atoms with Gasteiger partial charge in [-0.15, -0.1) is 0 Å². The van der Waals surface area contributed by atoms with Crippen LogP contribution in [0.25, 0.3) is 11.2 Å². The highest BCUT2D eigenvalue weighted by Gasteiger charge is 2.21. The molecule has 2 aromatic heterocycles. The van der Waals surface area contributed by atoms with Crippen molar-refractivity contribution in [1.82, 2.24) is 19.7 Å². The van der Waals surface area contributed by atoms with Crippen LogP contribution in [-0.2, 0) is 0 Å². The Hall–Kier alpha value is -1.72. The Morgan fingerprint density at radius 1 is 1.35 bits per heavy atom. The highest BCUT2D eigenvalue weighted by molar-refractivity contribution is 5.68.